The molecule has 0 atom stereocenters. The lowest BCUT2D eigenvalue weighted by Crippen LogP contribution is -2.49. The maximum Gasteiger partial charge on any atom is 0.335 e. The molecule has 0 radical (unpaired) electrons. The van der Waals surface area contributed by atoms with Gasteiger partial charge in [0.1, 0.15) is 8.24 Å². The predicted molar refractivity (Wildman–Crippen MR) is 71.0 cm³/mol. The molecule has 0 spiro atoms. The van der Waals surface area contributed by atoms with Gasteiger partial charge in [-0.15, -0.1) is 0 Å². The van der Waals surface area contributed by atoms with E-state index in [0.717, 1.165) is 19.1 Å². The van der Waals surface area contributed by atoms with Gasteiger partial charge in [0.25, 0.3) is 0 Å². The highest BCUT2D eigenvalue weighted by Crippen LogP contribution is 2.16. The maximum atomic E-state index is 5.50. The van der Waals surface area contributed by atoms with Crippen LogP contribution in [0.3, 0.4) is 0 Å². The molecule has 0 aromatic heterocycles. The molecule has 5 heteroatoms. The van der Waals surface area contributed by atoms with E-state index in [1.165, 1.54) is 0 Å². The zero-order valence-electron chi connectivity index (χ0n) is 11.4. The second-order valence-electron chi connectivity index (χ2n) is 5.04. The first-order valence-corrected chi connectivity index (χ1v) is 11.6. The van der Waals surface area contributed by atoms with Crippen LogP contribution in [0.5, 0.6) is 0 Å². The Morgan fingerprint density at radius 2 is 1.47 bits per heavy atom. The Hall–Kier alpha value is 0.314. The first-order valence-electron chi connectivity index (χ1n) is 5.64. The highest BCUT2D eigenvalue weighted by molar-refractivity contribution is 6.73. The lowest BCUT2D eigenvalue weighted by atomic mass is 10.7. The average molecular weight is 250 g/mol. The maximum absolute atomic E-state index is 5.50. The second-order valence-corrected chi connectivity index (χ2v) is 13.6. The number of nitrogens with zero attached hydrogens (tertiary/aromatic N) is 1. The Balaban J connectivity index is 4.23. The summed E-state index contributed by atoms with van der Waals surface area (Å²) in [6.07, 6.45) is 0. The van der Waals surface area contributed by atoms with Gasteiger partial charge < -0.3 is 13.4 Å². The van der Waals surface area contributed by atoms with Crippen LogP contribution >= 0.6 is 0 Å². The summed E-state index contributed by atoms with van der Waals surface area (Å²) in [5, 5.41) is 0. The molecule has 0 aliphatic carbocycles. The van der Waals surface area contributed by atoms with Crippen molar-refractivity contribution in [3.8, 4) is 0 Å². The van der Waals surface area contributed by atoms with Gasteiger partial charge in [-0.05, 0) is 19.6 Å². The third kappa shape index (κ3) is 5.26. The van der Waals surface area contributed by atoms with E-state index < -0.39 is 16.8 Å². The highest BCUT2D eigenvalue weighted by Gasteiger charge is 2.31. The topological polar surface area (TPSA) is 21.7 Å². The molecule has 92 valence electrons. The fourth-order valence-electron chi connectivity index (χ4n) is 1.59. The Kier molecular flexibility index (Phi) is 6.28. The Labute approximate surface area is 97.1 Å². The molecule has 0 saturated carbocycles. The van der Waals surface area contributed by atoms with Crippen LogP contribution in [-0.4, -0.2) is 48.7 Å². The summed E-state index contributed by atoms with van der Waals surface area (Å²) in [6.45, 7) is 13.8. The predicted octanol–water partition coefficient (Wildman–Crippen LogP) is 2.51. The molecule has 0 aliphatic rings. The second kappa shape index (κ2) is 6.15. The van der Waals surface area contributed by atoms with E-state index in [9.17, 15) is 0 Å². The van der Waals surface area contributed by atoms with Crippen LogP contribution in [0.2, 0.25) is 32.2 Å². The van der Waals surface area contributed by atoms with E-state index in [2.05, 4.69) is 37.7 Å². The Morgan fingerprint density at radius 3 is 1.73 bits per heavy atom. The third-order valence-corrected chi connectivity index (χ3v) is 8.33. The smallest absolute Gasteiger partial charge is 0.335 e. The first-order chi connectivity index (χ1) is 6.79. The first kappa shape index (κ1) is 15.3. The highest BCUT2D eigenvalue weighted by atomic mass is 28.4. The summed E-state index contributed by atoms with van der Waals surface area (Å²) in [5.74, 6) is 0. The molecule has 0 saturated heterocycles. The molecule has 0 aromatic rings. The van der Waals surface area contributed by atoms with Gasteiger partial charge in [-0.3, -0.25) is 0 Å². The lowest BCUT2D eigenvalue weighted by molar-refractivity contribution is 0.245. The Morgan fingerprint density at radius 1 is 1.00 bits per heavy atom. The van der Waals surface area contributed by atoms with Crippen LogP contribution in [0.15, 0.2) is 0 Å². The van der Waals surface area contributed by atoms with Crippen LogP contribution in [0, 0.1) is 0 Å². The number of hydrogen-bond acceptors (Lipinski definition) is 3. The standard InChI is InChI=1S/C10H27NO2Si2/c1-8-11(14(4,5)6)9-10-15(7,12-2)13-3/h8-10H2,1-7H3. The van der Waals surface area contributed by atoms with Gasteiger partial charge in [-0.2, -0.15) is 0 Å². The molecule has 0 aliphatic heterocycles. The van der Waals surface area contributed by atoms with Crippen molar-refractivity contribution in [1.82, 2.24) is 4.57 Å². The number of rotatable bonds is 7. The average Bonchev–Trinajstić information content (AvgIpc) is 2.16. The van der Waals surface area contributed by atoms with Gasteiger partial charge in [0.05, 0.1) is 0 Å². The fraction of sp³-hybridized carbons (Fsp3) is 1.00. The van der Waals surface area contributed by atoms with Crippen molar-refractivity contribution < 1.29 is 8.85 Å². The van der Waals surface area contributed by atoms with Gasteiger partial charge in [-0.25, -0.2) is 0 Å². The molecule has 0 bridgehead atoms. The minimum atomic E-state index is -1.87. The summed E-state index contributed by atoms with van der Waals surface area (Å²) in [6, 6.07) is 1.05. The minimum Gasteiger partial charge on any atom is -0.398 e. The van der Waals surface area contributed by atoms with E-state index in [1.54, 1.807) is 14.2 Å². The molecular formula is C10H27NO2Si2. The van der Waals surface area contributed by atoms with E-state index in [0.29, 0.717) is 0 Å². The molecular weight excluding hydrogens is 222 g/mol. The van der Waals surface area contributed by atoms with Crippen molar-refractivity contribution >= 4 is 16.8 Å². The van der Waals surface area contributed by atoms with Crippen LogP contribution < -0.4 is 0 Å². The normalized spacial score (nSPS) is 13.6. The van der Waals surface area contributed by atoms with Gasteiger partial charge in [0.15, 0.2) is 0 Å². The van der Waals surface area contributed by atoms with Crippen molar-refractivity contribution in [1.29, 1.82) is 0 Å². The third-order valence-electron chi connectivity index (χ3n) is 3.03. The molecule has 0 heterocycles. The van der Waals surface area contributed by atoms with Gasteiger partial charge in [-0.1, -0.05) is 26.6 Å². The van der Waals surface area contributed by atoms with Gasteiger partial charge >= 0.3 is 8.56 Å². The lowest BCUT2D eigenvalue weighted by Gasteiger charge is -2.35. The van der Waals surface area contributed by atoms with E-state index in [4.69, 9.17) is 8.85 Å². The largest absolute Gasteiger partial charge is 0.398 e. The summed E-state index contributed by atoms with van der Waals surface area (Å²) >= 11 is 0. The van der Waals surface area contributed by atoms with Gasteiger partial charge in [0, 0.05) is 20.3 Å². The fourth-order valence-corrected chi connectivity index (χ4v) is 4.80. The van der Waals surface area contributed by atoms with Crippen molar-refractivity contribution in [2.24, 2.45) is 0 Å². The molecule has 0 amide bonds. The quantitative estimate of drug-likeness (QED) is 0.647. The summed E-state index contributed by atoms with van der Waals surface area (Å²) < 4.78 is 13.6. The molecule has 0 aromatic carbocycles. The molecule has 0 fully saturated rings. The van der Waals surface area contributed by atoms with Crippen LogP contribution in [0.4, 0.5) is 0 Å². The summed E-state index contributed by atoms with van der Waals surface area (Å²) in [7, 11) is 0.487. The zero-order chi connectivity index (χ0) is 12.1. The zero-order valence-corrected chi connectivity index (χ0v) is 13.4. The van der Waals surface area contributed by atoms with Crippen molar-refractivity contribution in [3.63, 3.8) is 0 Å². The molecule has 3 nitrogen and oxygen atoms in total. The monoisotopic (exact) mass is 249 g/mol. The minimum absolute atomic E-state index is 1.05. The SMILES string of the molecule is CCN(CC[Si](C)(OC)OC)[Si](C)(C)C. The molecule has 0 rings (SSSR count). The molecule has 0 unspecified atom stereocenters. The van der Waals surface area contributed by atoms with Crippen LogP contribution in [0.1, 0.15) is 6.92 Å². The van der Waals surface area contributed by atoms with E-state index >= 15 is 0 Å². The van der Waals surface area contributed by atoms with E-state index in [1.807, 2.05) is 0 Å². The molecule has 0 N–H and O–H groups in total. The van der Waals surface area contributed by atoms with Crippen molar-refractivity contribution in [2.45, 2.75) is 39.2 Å². The van der Waals surface area contributed by atoms with Crippen molar-refractivity contribution in [2.75, 3.05) is 27.3 Å². The van der Waals surface area contributed by atoms with Crippen LogP contribution in [0.25, 0.3) is 0 Å². The Bertz CT molecular complexity index is 179. The van der Waals surface area contributed by atoms with E-state index in [-0.39, 0.29) is 0 Å². The number of hydrogen-bond donors (Lipinski definition) is 0. The summed E-state index contributed by atoms with van der Waals surface area (Å²) in [5.41, 5.74) is 0. The summed E-state index contributed by atoms with van der Waals surface area (Å²) in [4.78, 5) is 0. The van der Waals surface area contributed by atoms with Crippen molar-refractivity contribution in [3.05, 3.63) is 0 Å². The van der Waals surface area contributed by atoms with Gasteiger partial charge in [0.2, 0.25) is 0 Å². The van der Waals surface area contributed by atoms with Crippen LogP contribution in [-0.2, 0) is 8.85 Å². The molecule has 15 heavy (non-hydrogen) atoms.